The summed E-state index contributed by atoms with van der Waals surface area (Å²) in [5, 5.41) is 0. The second-order valence-electron chi connectivity index (χ2n) is 4.25. The van der Waals surface area contributed by atoms with Gasteiger partial charge in [0.2, 0.25) is 0 Å². The summed E-state index contributed by atoms with van der Waals surface area (Å²) in [6.45, 7) is 7.06. The van der Waals surface area contributed by atoms with E-state index >= 15 is 0 Å². The van der Waals surface area contributed by atoms with Crippen molar-refractivity contribution in [1.82, 2.24) is 0 Å². The Kier molecular flexibility index (Phi) is 3.42. The average Bonchev–Trinajstić information content (AvgIpc) is 2.82. The fourth-order valence-corrected chi connectivity index (χ4v) is 1.94. The van der Waals surface area contributed by atoms with E-state index in [9.17, 15) is 0 Å². The van der Waals surface area contributed by atoms with Gasteiger partial charge >= 0.3 is 0 Å². The number of hydrogen-bond acceptors (Lipinski definition) is 0. The monoisotopic (exact) mass is 154 g/mol. The highest BCUT2D eigenvalue weighted by Crippen LogP contribution is 2.41. The third-order valence-corrected chi connectivity index (χ3v) is 3.22. The molecule has 0 aromatic carbocycles. The summed E-state index contributed by atoms with van der Waals surface area (Å²) in [4.78, 5) is 0. The van der Waals surface area contributed by atoms with Crippen LogP contribution in [0.1, 0.15) is 52.9 Å². The minimum atomic E-state index is 0.959. The van der Waals surface area contributed by atoms with E-state index in [1.807, 2.05) is 0 Å². The van der Waals surface area contributed by atoms with Gasteiger partial charge in [0.1, 0.15) is 0 Å². The predicted molar refractivity (Wildman–Crippen MR) is 50.6 cm³/mol. The summed E-state index contributed by atoms with van der Waals surface area (Å²) < 4.78 is 0. The maximum atomic E-state index is 2.39. The number of rotatable bonds is 5. The first-order valence-electron chi connectivity index (χ1n) is 5.27. The largest absolute Gasteiger partial charge is 0.0651 e. The van der Waals surface area contributed by atoms with Gasteiger partial charge in [-0.2, -0.15) is 0 Å². The van der Waals surface area contributed by atoms with Gasteiger partial charge in [-0.05, 0) is 37.0 Å². The van der Waals surface area contributed by atoms with E-state index in [4.69, 9.17) is 0 Å². The Morgan fingerprint density at radius 1 is 1.18 bits per heavy atom. The van der Waals surface area contributed by atoms with E-state index in [1.54, 1.807) is 0 Å². The summed E-state index contributed by atoms with van der Waals surface area (Å²) in [5.74, 6) is 3.14. The summed E-state index contributed by atoms with van der Waals surface area (Å²) in [5.41, 5.74) is 0. The van der Waals surface area contributed by atoms with Gasteiger partial charge < -0.3 is 0 Å². The van der Waals surface area contributed by atoms with Gasteiger partial charge in [-0.25, -0.2) is 0 Å². The smallest absolute Gasteiger partial charge is 0.0386 e. The molecule has 0 bridgehead atoms. The lowest BCUT2D eigenvalue weighted by atomic mass is 9.89. The lowest BCUT2D eigenvalue weighted by Gasteiger charge is -2.17. The van der Waals surface area contributed by atoms with Crippen molar-refractivity contribution in [3.63, 3.8) is 0 Å². The second kappa shape index (κ2) is 4.13. The second-order valence-corrected chi connectivity index (χ2v) is 4.25. The molecule has 2 atom stereocenters. The van der Waals surface area contributed by atoms with E-state index in [0.717, 1.165) is 17.8 Å². The van der Waals surface area contributed by atoms with Crippen LogP contribution < -0.4 is 0 Å². The Morgan fingerprint density at radius 3 is 2.18 bits per heavy atom. The van der Waals surface area contributed by atoms with Gasteiger partial charge in [0.25, 0.3) is 0 Å². The molecule has 1 aliphatic carbocycles. The maximum Gasteiger partial charge on any atom is -0.0386 e. The van der Waals surface area contributed by atoms with Crippen LogP contribution in [-0.2, 0) is 0 Å². The van der Waals surface area contributed by atoms with Crippen LogP contribution in [0.4, 0.5) is 0 Å². The Hall–Kier alpha value is 0. The Balaban J connectivity index is 2.19. The van der Waals surface area contributed by atoms with Crippen molar-refractivity contribution in [1.29, 1.82) is 0 Å². The van der Waals surface area contributed by atoms with Crippen molar-refractivity contribution in [3.05, 3.63) is 0 Å². The fourth-order valence-electron chi connectivity index (χ4n) is 1.94. The summed E-state index contributed by atoms with van der Waals surface area (Å²) in [6.07, 6.45) is 7.31. The molecule has 0 heterocycles. The van der Waals surface area contributed by atoms with Crippen LogP contribution in [0.25, 0.3) is 0 Å². The molecule has 0 heteroatoms. The van der Waals surface area contributed by atoms with Gasteiger partial charge in [0.05, 0.1) is 0 Å². The van der Waals surface area contributed by atoms with Crippen molar-refractivity contribution < 1.29 is 0 Å². The molecule has 0 aromatic heterocycles. The molecule has 1 fully saturated rings. The highest BCUT2D eigenvalue weighted by molar-refractivity contribution is 4.81. The molecule has 0 radical (unpaired) electrons. The van der Waals surface area contributed by atoms with Gasteiger partial charge in [-0.15, -0.1) is 0 Å². The van der Waals surface area contributed by atoms with Crippen molar-refractivity contribution in [2.45, 2.75) is 52.9 Å². The molecule has 0 aliphatic heterocycles. The Labute approximate surface area is 71.4 Å². The Bertz CT molecular complexity index is 103. The zero-order valence-corrected chi connectivity index (χ0v) is 8.27. The van der Waals surface area contributed by atoms with Crippen LogP contribution in [-0.4, -0.2) is 0 Å². The van der Waals surface area contributed by atoms with Crippen molar-refractivity contribution >= 4 is 0 Å². The van der Waals surface area contributed by atoms with E-state index in [-0.39, 0.29) is 0 Å². The van der Waals surface area contributed by atoms with Gasteiger partial charge in [-0.1, -0.05) is 33.6 Å². The van der Waals surface area contributed by atoms with Crippen LogP contribution in [0.15, 0.2) is 0 Å². The molecular weight excluding hydrogens is 132 g/mol. The first-order valence-corrected chi connectivity index (χ1v) is 5.27. The standard InChI is InChI=1S/C11H22/c1-4-9(3)8-10(5-2)11-6-7-11/h9-11H,4-8H2,1-3H3. The van der Waals surface area contributed by atoms with Crippen molar-refractivity contribution in [3.8, 4) is 0 Å². The third-order valence-electron chi connectivity index (χ3n) is 3.22. The SMILES string of the molecule is CCC(C)CC(CC)C1CC1. The molecular formula is C11H22. The summed E-state index contributed by atoms with van der Waals surface area (Å²) in [6, 6.07) is 0. The van der Waals surface area contributed by atoms with Crippen LogP contribution in [0, 0.1) is 17.8 Å². The molecule has 0 nitrogen and oxygen atoms in total. The highest BCUT2D eigenvalue weighted by atomic mass is 14.4. The summed E-state index contributed by atoms with van der Waals surface area (Å²) >= 11 is 0. The normalized spacial score (nSPS) is 23.2. The molecule has 66 valence electrons. The minimum absolute atomic E-state index is 0.959. The molecule has 0 spiro atoms. The van der Waals surface area contributed by atoms with Gasteiger partial charge in [-0.3, -0.25) is 0 Å². The topological polar surface area (TPSA) is 0 Å². The lowest BCUT2D eigenvalue weighted by molar-refractivity contribution is 0.338. The Morgan fingerprint density at radius 2 is 1.82 bits per heavy atom. The molecule has 1 aliphatic rings. The maximum absolute atomic E-state index is 2.39. The van der Waals surface area contributed by atoms with Gasteiger partial charge in [0.15, 0.2) is 0 Å². The molecule has 0 saturated heterocycles. The quantitative estimate of drug-likeness (QED) is 0.564. The molecule has 0 N–H and O–H groups in total. The van der Waals surface area contributed by atoms with E-state index < -0.39 is 0 Å². The number of hydrogen-bond donors (Lipinski definition) is 0. The predicted octanol–water partition coefficient (Wildman–Crippen LogP) is 3.86. The molecule has 2 unspecified atom stereocenters. The molecule has 0 amide bonds. The van der Waals surface area contributed by atoms with Crippen LogP contribution in [0.2, 0.25) is 0 Å². The van der Waals surface area contributed by atoms with E-state index in [1.165, 1.54) is 32.1 Å². The van der Waals surface area contributed by atoms with Crippen molar-refractivity contribution in [2.75, 3.05) is 0 Å². The molecule has 1 rings (SSSR count). The highest BCUT2D eigenvalue weighted by Gasteiger charge is 2.30. The average molecular weight is 154 g/mol. The molecule has 1 saturated carbocycles. The van der Waals surface area contributed by atoms with Crippen LogP contribution in [0.3, 0.4) is 0 Å². The van der Waals surface area contributed by atoms with Crippen LogP contribution >= 0.6 is 0 Å². The lowest BCUT2D eigenvalue weighted by Crippen LogP contribution is -2.06. The first kappa shape index (κ1) is 9.09. The van der Waals surface area contributed by atoms with Crippen LogP contribution in [0.5, 0.6) is 0 Å². The van der Waals surface area contributed by atoms with Crippen molar-refractivity contribution in [2.24, 2.45) is 17.8 Å². The molecule has 11 heavy (non-hydrogen) atoms. The zero-order valence-electron chi connectivity index (χ0n) is 8.27. The third kappa shape index (κ3) is 2.84. The summed E-state index contributed by atoms with van der Waals surface area (Å²) in [7, 11) is 0. The van der Waals surface area contributed by atoms with E-state index in [0.29, 0.717) is 0 Å². The first-order chi connectivity index (χ1) is 5.27. The van der Waals surface area contributed by atoms with E-state index in [2.05, 4.69) is 20.8 Å². The van der Waals surface area contributed by atoms with Gasteiger partial charge in [0, 0.05) is 0 Å². The molecule has 0 aromatic rings. The fraction of sp³-hybridized carbons (Fsp3) is 1.00. The minimum Gasteiger partial charge on any atom is -0.0651 e. The zero-order chi connectivity index (χ0) is 8.27.